The van der Waals surface area contributed by atoms with Crippen LogP contribution in [0, 0.1) is 12.7 Å². The summed E-state index contributed by atoms with van der Waals surface area (Å²) in [6.45, 7) is 9.89. The maximum absolute atomic E-state index is 13.1. The van der Waals surface area contributed by atoms with Crippen LogP contribution in [0.2, 0.25) is 0 Å². The normalized spacial score (nSPS) is 15.7. The lowest BCUT2D eigenvalue weighted by Gasteiger charge is -2.32. The van der Waals surface area contributed by atoms with Gasteiger partial charge in [0.15, 0.2) is 17.0 Å². The van der Waals surface area contributed by atoms with Gasteiger partial charge in [0.05, 0.1) is 39.3 Å². The van der Waals surface area contributed by atoms with Gasteiger partial charge in [-0.3, -0.25) is 0 Å². The van der Waals surface area contributed by atoms with Gasteiger partial charge in [-0.2, -0.15) is 0 Å². The summed E-state index contributed by atoms with van der Waals surface area (Å²) in [4.78, 5) is 13.1. The first-order chi connectivity index (χ1) is 12.6. The lowest BCUT2D eigenvalue weighted by Crippen LogP contribution is -3.14. The van der Waals surface area contributed by atoms with Crippen molar-refractivity contribution in [2.24, 2.45) is 0 Å². The van der Waals surface area contributed by atoms with Gasteiger partial charge in [-0.1, -0.05) is 17.3 Å². The summed E-state index contributed by atoms with van der Waals surface area (Å²) >= 11 is 0. The highest BCUT2D eigenvalue weighted by molar-refractivity contribution is 5.83. The Morgan fingerprint density at radius 3 is 2.54 bits per heavy atom. The Kier molecular flexibility index (Phi) is 4.50. The molecule has 0 spiro atoms. The summed E-state index contributed by atoms with van der Waals surface area (Å²) in [5.74, 6) is 1.33. The molecule has 0 radical (unpaired) electrons. The maximum Gasteiger partial charge on any atom is 0.184 e. The van der Waals surface area contributed by atoms with E-state index in [2.05, 4.69) is 32.1 Å². The zero-order valence-corrected chi connectivity index (χ0v) is 15.1. The molecule has 7 nitrogen and oxygen atoms in total. The van der Waals surface area contributed by atoms with Gasteiger partial charge in [0.1, 0.15) is 11.6 Å². The molecule has 3 heterocycles. The molecule has 3 aromatic rings. The molecule has 1 aromatic carbocycles. The molecular weight excluding hydrogens is 333 g/mol. The van der Waals surface area contributed by atoms with Crippen LogP contribution < -0.4 is 9.80 Å². The quantitative estimate of drug-likeness (QED) is 0.735. The SMILES string of the molecule is CC[NH+]1CCN(c2nc(C)nc3c2nnn3Cc2ccc(F)cc2)CC1. The number of benzene rings is 1. The van der Waals surface area contributed by atoms with Crippen molar-refractivity contribution in [1.29, 1.82) is 0 Å². The second kappa shape index (κ2) is 6.95. The van der Waals surface area contributed by atoms with Crippen LogP contribution in [0.15, 0.2) is 24.3 Å². The summed E-state index contributed by atoms with van der Waals surface area (Å²) in [5, 5.41) is 8.63. The highest BCUT2D eigenvalue weighted by Gasteiger charge is 2.24. The summed E-state index contributed by atoms with van der Waals surface area (Å²) in [7, 11) is 0. The van der Waals surface area contributed by atoms with Crippen LogP contribution in [0.4, 0.5) is 10.2 Å². The summed E-state index contributed by atoms with van der Waals surface area (Å²) in [6.07, 6.45) is 0. The number of hydrogen-bond acceptors (Lipinski definition) is 5. The highest BCUT2D eigenvalue weighted by Crippen LogP contribution is 2.22. The van der Waals surface area contributed by atoms with E-state index in [0.29, 0.717) is 12.4 Å². The van der Waals surface area contributed by atoms with E-state index >= 15 is 0 Å². The fourth-order valence-corrected chi connectivity index (χ4v) is 3.43. The monoisotopic (exact) mass is 356 g/mol. The Labute approximate surface area is 151 Å². The van der Waals surface area contributed by atoms with Crippen molar-refractivity contribution in [3.05, 3.63) is 41.5 Å². The molecule has 2 aromatic heterocycles. The number of likely N-dealkylation sites (N-methyl/N-ethyl adjacent to an activating group) is 1. The average Bonchev–Trinajstić information content (AvgIpc) is 3.05. The minimum Gasteiger partial charge on any atom is -0.343 e. The molecule has 0 amide bonds. The third-order valence-corrected chi connectivity index (χ3v) is 4.97. The number of nitrogens with one attached hydrogen (secondary N) is 1. The van der Waals surface area contributed by atoms with Crippen LogP contribution in [-0.2, 0) is 6.54 Å². The standard InChI is InChI=1S/C18H22FN7/c1-3-24-8-10-25(11-9-24)17-16-18(21-13(2)20-17)26(23-22-16)12-14-4-6-15(19)7-5-14/h4-7H,3,8-12H2,1-2H3/p+1. The second-order valence-corrected chi connectivity index (χ2v) is 6.73. The van der Waals surface area contributed by atoms with Gasteiger partial charge >= 0.3 is 0 Å². The predicted octanol–water partition coefficient (Wildman–Crippen LogP) is 0.442. The molecule has 1 fully saturated rings. The number of quaternary nitrogens is 1. The van der Waals surface area contributed by atoms with Crippen molar-refractivity contribution in [2.75, 3.05) is 37.6 Å². The number of anilines is 1. The third-order valence-electron chi connectivity index (χ3n) is 4.97. The first-order valence-corrected chi connectivity index (χ1v) is 9.05. The number of fused-ring (bicyclic) bond motifs is 1. The molecule has 1 saturated heterocycles. The zero-order chi connectivity index (χ0) is 18.1. The number of nitrogens with zero attached hydrogens (tertiary/aromatic N) is 6. The van der Waals surface area contributed by atoms with Gasteiger partial charge < -0.3 is 9.80 Å². The molecule has 136 valence electrons. The molecule has 8 heteroatoms. The lowest BCUT2D eigenvalue weighted by molar-refractivity contribution is -0.898. The van der Waals surface area contributed by atoms with Gasteiger partial charge in [-0.15, -0.1) is 5.10 Å². The van der Waals surface area contributed by atoms with Gasteiger partial charge in [-0.05, 0) is 31.5 Å². The van der Waals surface area contributed by atoms with E-state index in [-0.39, 0.29) is 5.82 Å². The first kappa shape index (κ1) is 16.8. The average molecular weight is 356 g/mol. The van der Waals surface area contributed by atoms with Crippen LogP contribution in [0.25, 0.3) is 11.2 Å². The minimum atomic E-state index is -0.244. The Hall–Kier alpha value is -2.61. The number of hydrogen-bond donors (Lipinski definition) is 1. The van der Waals surface area contributed by atoms with E-state index in [4.69, 9.17) is 0 Å². The van der Waals surface area contributed by atoms with Crippen LogP contribution in [-0.4, -0.2) is 57.7 Å². The molecule has 0 bridgehead atoms. The van der Waals surface area contributed by atoms with E-state index in [1.54, 1.807) is 21.7 Å². The maximum atomic E-state index is 13.1. The first-order valence-electron chi connectivity index (χ1n) is 9.05. The molecule has 0 saturated carbocycles. The van der Waals surface area contributed by atoms with Crippen LogP contribution in [0.1, 0.15) is 18.3 Å². The largest absolute Gasteiger partial charge is 0.343 e. The fourth-order valence-electron chi connectivity index (χ4n) is 3.43. The highest BCUT2D eigenvalue weighted by atomic mass is 19.1. The van der Waals surface area contributed by atoms with Crippen LogP contribution >= 0.6 is 0 Å². The van der Waals surface area contributed by atoms with Crippen molar-refractivity contribution < 1.29 is 9.29 Å². The number of aryl methyl sites for hydroxylation is 1. The molecule has 0 aliphatic carbocycles. The summed E-state index contributed by atoms with van der Waals surface area (Å²) in [5.41, 5.74) is 2.41. The van der Waals surface area contributed by atoms with Gasteiger partial charge in [0, 0.05) is 0 Å². The molecule has 4 rings (SSSR count). The smallest absolute Gasteiger partial charge is 0.184 e. The van der Waals surface area contributed by atoms with E-state index in [1.807, 2.05) is 6.92 Å². The molecule has 1 aliphatic heterocycles. The number of halogens is 1. The Balaban J connectivity index is 1.66. The molecule has 0 atom stereocenters. The van der Waals surface area contributed by atoms with Gasteiger partial charge in [0.2, 0.25) is 0 Å². The molecule has 0 unspecified atom stereocenters. The van der Waals surface area contributed by atoms with Crippen molar-refractivity contribution in [2.45, 2.75) is 20.4 Å². The predicted molar refractivity (Wildman–Crippen MR) is 96.8 cm³/mol. The Morgan fingerprint density at radius 1 is 1.12 bits per heavy atom. The van der Waals surface area contributed by atoms with Gasteiger partial charge in [0.25, 0.3) is 0 Å². The molecule has 1 aliphatic rings. The second-order valence-electron chi connectivity index (χ2n) is 6.73. The van der Waals surface area contributed by atoms with E-state index in [0.717, 1.165) is 55.3 Å². The Bertz CT molecular complexity index is 898. The van der Waals surface area contributed by atoms with Crippen molar-refractivity contribution >= 4 is 17.0 Å². The topological polar surface area (TPSA) is 64.2 Å². The third kappa shape index (κ3) is 3.24. The van der Waals surface area contributed by atoms with E-state index < -0.39 is 0 Å². The molecule has 26 heavy (non-hydrogen) atoms. The zero-order valence-electron chi connectivity index (χ0n) is 15.1. The molecule has 1 N–H and O–H groups in total. The van der Waals surface area contributed by atoms with Crippen molar-refractivity contribution in [3.63, 3.8) is 0 Å². The van der Waals surface area contributed by atoms with Crippen LogP contribution in [0.3, 0.4) is 0 Å². The van der Waals surface area contributed by atoms with E-state index in [9.17, 15) is 4.39 Å². The summed E-state index contributed by atoms with van der Waals surface area (Å²) < 4.78 is 14.9. The minimum absolute atomic E-state index is 0.244. The van der Waals surface area contributed by atoms with Gasteiger partial charge in [-0.25, -0.2) is 19.0 Å². The van der Waals surface area contributed by atoms with E-state index in [1.165, 1.54) is 12.1 Å². The van der Waals surface area contributed by atoms with Crippen LogP contribution in [0.5, 0.6) is 0 Å². The lowest BCUT2D eigenvalue weighted by atomic mass is 10.2. The summed E-state index contributed by atoms with van der Waals surface area (Å²) in [6, 6.07) is 6.42. The Morgan fingerprint density at radius 2 is 1.85 bits per heavy atom. The number of piperazine rings is 1. The van der Waals surface area contributed by atoms with Crippen molar-refractivity contribution in [1.82, 2.24) is 25.0 Å². The molecular formula is C18H23FN7+. The number of rotatable bonds is 4. The number of aromatic nitrogens is 5. The fraction of sp³-hybridized carbons (Fsp3) is 0.444. The van der Waals surface area contributed by atoms with Crippen molar-refractivity contribution in [3.8, 4) is 0 Å².